The molecule has 2 aromatic carbocycles. The zero-order chi connectivity index (χ0) is 37.5. The van der Waals surface area contributed by atoms with E-state index in [2.05, 4.69) is 10.6 Å². The van der Waals surface area contributed by atoms with Gasteiger partial charge in [-0.1, -0.05) is 42.5 Å². The molecule has 0 saturated carbocycles. The molecular weight excluding hydrogens is 717 g/mol. The maximum Gasteiger partial charge on any atom is 0.408 e. The minimum atomic E-state index is -1.31. The van der Waals surface area contributed by atoms with Crippen LogP contribution in [-0.2, 0) is 49.6 Å². The second kappa shape index (κ2) is 14.3. The third-order valence-electron chi connectivity index (χ3n) is 9.12. The van der Waals surface area contributed by atoms with Crippen LogP contribution >= 0.6 is 23.5 Å². The Hall–Kier alpha value is -4.77. The Morgan fingerprint density at radius 3 is 2.08 bits per heavy atom. The number of fused-ring (bicyclic) bond motifs is 2. The van der Waals surface area contributed by atoms with Crippen LogP contribution in [0.2, 0.25) is 0 Å². The number of hydrogen-bond acceptors (Lipinski definition) is 13. The summed E-state index contributed by atoms with van der Waals surface area (Å²) in [5.41, 5.74) is 1.05. The molecule has 4 heterocycles. The molecule has 0 bridgehead atoms. The van der Waals surface area contributed by atoms with Crippen molar-refractivity contribution >= 4 is 65.2 Å². The topological polar surface area (TPSA) is 187 Å². The van der Waals surface area contributed by atoms with E-state index in [1.807, 2.05) is 19.9 Å². The van der Waals surface area contributed by atoms with Gasteiger partial charge in [-0.2, -0.15) is 0 Å². The Morgan fingerprint density at radius 2 is 1.46 bits per heavy atom. The normalized spacial score (nSPS) is 25.4. The maximum atomic E-state index is 13.7. The van der Waals surface area contributed by atoms with Crippen LogP contribution in [0.5, 0.6) is 5.75 Å². The quantitative estimate of drug-likeness (QED) is 0.148. The van der Waals surface area contributed by atoms with Crippen LogP contribution in [0.3, 0.4) is 0 Å². The maximum absolute atomic E-state index is 13.7. The zero-order valence-electron chi connectivity index (χ0n) is 29.0. The summed E-state index contributed by atoms with van der Waals surface area (Å²) >= 11 is 2.80. The highest BCUT2D eigenvalue weighted by Gasteiger charge is 2.65. The highest BCUT2D eigenvalue weighted by atomic mass is 32.2. The van der Waals surface area contributed by atoms with E-state index in [4.69, 9.17) is 18.9 Å². The number of esters is 3. The van der Waals surface area contributed by atoms with E-state index in [9.17, 15) is 33.6 Å². The first-order valence-corrected chi connectivity index (χ1v) is 18.2. The second-order valence-electron chi connectivity index (χ2n) is 13.7. The van der Waals surface area contributed by atoms with Gasteiger partial charge in [-0.05, 0) is 51.0 Å². The van der Waals surface area contributed by atoms with Crippen LogP contribution in [0.15, 0.2) is 54.6 Å². The van der Waals surface area contributed by atoms with Gasteiger partial charge in [0, 0.05) is 16.4 Å². The highest BCUT2D eigenvalue weighted by Crippen LogP contribution is 2.52. The fraction of sp³-hybridized carbons (Fsp3) is 0.457. The van der Waals surface area contributed by atoms with Crippen molar-refractivity contribution in [1.29, 1.82) is 0 Å². The number of nitrogens with zero attached hydrogens (tertiary/aromatic N) is 2. The molecule has 4 fully saturated rings. The minimum absolute atomic E-state index is 0.0524. The van der Waals surface area contributed by atoms with Crippen molar-refractivity contribution in [3.05, 3.63) is 65.7 Å². The standard InChI is InChI=1S/C35H38N4O11S2/c1-18(40)50-21-13-11-20(12-14-21)24(37-33(46)47-16-19-9-7-6-8-10-19)28(42)36-25-29(43)39-27(35(4,5)52-30(25)39)32(45)49-17-48-31(44)26-34(2,3)51-23-15-22(41)38(23)26/h6-14,23-27,30H,15-17H2,1-5H3,(H,36,42)(H,37,46)/t23-,24?,25-,26+,27+,30-/m1/s1. The zero-order valence-corrected chi connectivity index (χ0v) is 30.6. The lowest BCUT2D eigenvalue weighted by Crippen LogP contribution is -2.71. The molecule has 4 aliphatic rings. The summed E-state index contributed by atoms with van der Waals surface area (Å²) in [6, 6.07) is 10.6. The Labute approximate surface area is 307 Å². The number of amides is 4. The number of thioether (sulfide) groups is 2. The molecule has 1 unspecified atom stereocenters. The molecule has 0 aliphatic carbocycles. The van der Waals surface area contributed by atoms with E-state index >= 15 is 0 Å². The van der Waals surface area contributed by atoms with E-state index in [0.717, 1.165) is 5.56 Å². The molecule has 0 radical (unpaired) electrons. The molecule has 0 spiro atoms. The number of hydrogen-bond donors (Lipinski definition) is 2. The summed E-state index contributed by atoms with van der Waals surface area (Å²) in [6.45, 7) is 7.71. The van der Waals surface area contributed by atoms with Gasteiger partial charge in [-0.3, -0.25) is 19.2 Å². The van der Waals surface area contributed by atoms with Crippen molar-refractivity contribution in [1.82, 2.24) is 20.4 Å². The Balaban J connectivity index is 1.09. The first-order chi connectivity index (χ1) is 24.6. The fourth-order valence-electron chi connectivity index (χ4n) is 6.70. The fourth-order valence-corrected chi connectivity index (χ4v) is 9.94. The van der Waals surface area contributed by atoms with Crippen molar-refractivity contribution < 1.29 is 52.5 Å². The lowest BCUT2D eigenvalue weighted by Gasteiger charge is -2.44. The highest BCUT2D eigenvalue weighted by molar-refractivity contribution is 8.02. The van der Waals surface area contributed by atoms with Gasteiger partial charge in [0.2, 0.25) is 24.5 Å². The van der Waals surface area contributed by atoms with Crippen molar-refractivity contribution in [2.24, 2.45) is 0 Å². The monoisotopic (exact) mass is 754 g/mol. The van der Waals surface area contributed by atoms with Crippen LogP contribution < -0.4 is 15.4 Å². The molecule has 17 heteroatoms. The van der Waals surface area contributed by atoms with E-state index in [1.54, 1.807) is 38.1 Å². The molecule has 2 aromatic rings. The number of rotatable bonds is 11. The Morgan fingerprint density at radius 1 is 0.846 bits per heavy atom. The smallest absolute Gasteiger partial charge is 0.408 e. The summed E-state index contributed by atoms with van der Waals surface area (Å²) < 4.78 is 19.6. The molecule has 6 rings (SSSR count). The number of alkyl carbamates (subject to hydrolysis) is 1. The summed E-state index contributed by atoms with van der Waals surface area (Å²) in [4.78, 5) is 92.7. The van der Waals surface area contributed by atoms with Gasteiger partial charge in [0.15, 0.2) is 0 Å². The molecule has 4 amide bonds. The predicted octanol–water partition coefficient (Wildman–Crippen LogP) is 2.62. The van der Waals surface area contributed by atoms with Gasteiger partial charge in [0.05, 0.1) is 11.8 Å². The number of carbonyl (C=O) groups is 7. The van der Waals surface area contributed by atoms with E-state index in [-0.39, 0.29) is 23.6 Å². The molecule has 0 aromatic heterocycles. The first kappa shape index (κ1) is 37.0. The largest absolute Gasteiger partial charge is 0.445 e. The molecule has 276 valence electrons. The third kappa shape index (κ3) is 7.28. The minimum Gasteiger partial charge on any atom is -0.445 e. The predicted molar refractivity (Wildman–Crippen MR) is 186 cm³/mol. The lowest BCUT2D eigenvalue weighted by atomic mass is 9.95. The molecular formula is C35H38N4O11S2. The molecule has 52 heavy (non-hydrogen) atoms. The van der Waals surface area contributed by atoms with E-state index in [0.29, 0.717) is 12.0 Å². The Kier molecular flexibility index (Phi) is 10.2. The average molecular weight is 755 g/mol. The number of nitrogens with one attached hydrogen (secondary N) is 2. The van der Waals surface area contributed by atoms with Crippen molar-refractivity contribution in [2.75, 3.05) is 6.79 Å². The first-order valence-electron chi connectivity index (χ1n) is 16.5. The van der Waals surface area contributed by atoms with Gasteiger partial charge in [0.1, 0.15) is 41.9 Å². The SMILES string of the molecule is CC(=O)Oc1ccc(C(NC(=O)OCc2ccccc2)C(=O)N[C@@H]2C(=O)N3[C@@H]2SC(C)(C)[C@@H]3C(=O)OCOC(=O)[C@@H]2N3C(=O)C[C@H]3SC2(C)C)cc1. The Bertz CT molecular complexity index is 1790. The van der Waals surface area contributed by atoms with Gasteiger partial charge in [-0.15, -0.1) is 23.5 Å². The van der Waals surface area contributed by atoms with E-state index < -0.39 is 81.6 Å². The van der Waals surface area contributed by atoms with Crippen LogP contribution in [0.1, 0.15) is 58.2 Å². The van der Waals surface area contributed by atoms with Crippen molar-refractivity contribution in [3.63, 3.8) is 0 Å². The number of β-lactam (4-membered cyclic amide) rings is 2. The average Bonchev–Trinajstić information content (AvgIpc) is 3.47. The summed E-state index contributed by atoms with van der Waals surface area (Å²) in [6.07, 6.45) is -0.530. The van der Waals surface area contributed by atoms with Crippen LogP contribution in [-0.4, -0.2) is 96.7 Å². The van der Waals surface area contributed by atoms with Gasteiger partial charge in [-0.25, -0.2) is 14.4 Å². The number of benzene rings is 2. The van der Waals surface area contributed by atoms with Gasteiger partial charge >= 0.3 is 24.0 Å². The second-order valence-corrected chi connectivity index (χ2v) is 17.3. The van der Waals surface area contributed by atoms with Crippen molar-refractivity contribution in [2.45, 2.75) is 92.1 Å². The molecule has 4 saturated heterocycles. The molecule has 15 nitrogen and oxygen atoms in total. The number of ether oxygens (including phenoxy) is 4. The summed E-state index contributed by atoms with van der Waals surface area (Å²) in [5.74, 6) is -3.19. The van der Waals surface area contributed by atoms with Gasteiger partial charge < -0.3 is 39.4 Å². The molecule has 2 N–H and O–H groups in total. The van der Waals surface area contributed by atoms with Crippen LogP contribution in [0, 0.1) is 0 Å². The van der Waals surface area contributed by atoms with E-state index in [1.165, 1.54) is 64.5 Å². The van der Waals surface area contributed by atoms with Crippen molar-refractivity contribution in [3.8, 4) is 5.75 Å². The van der Waals surface area contributed by atoms with Crippen LogP contribution in [0.4, 0.5) is 4.79 Å². The van der Waals surface area contributed by atoms with Crippen LogP contribution in [0.25, 0.3) is 0 Å². The molecule has 6 atom stereocenters. The summed E-state index contributed by atoms with van der Waals surface area (Å²) in [7, 11) is 0. The summed E-state index contributed by atoms with van der Waals surface area (Å²) in [5, 5.41) is 4.53. The third-order valence-corrected chi connectivity index (χ3v) is 12.2. The van der Waals surface area contributed by atoms with Gasteiger partial charge in [0.25, 0.3) is 0 Å². The lowest BCUT2D eigenvalue weighted by molar-refractivity contribution is -0.181. The number of carbonyl (C=O) groups excluding carboxylic acids is 7. The molecule has 4 aliphatic heterocycles.